The third kappa shape index (κ3) is 3.15. The smallest absolute Gasteiger partial charge is 0.382 e. The maximum absolute atomic E-state index is 13.0. The summed E-state index contributed by atoms with van der Waals surface area (Å²) in [7, 11) is 0. The summed E-state index contributed by atoms with van der Waals surface area (Å²) in [5.74, 6) is -1.78. The van der Waals surface area contributed by atoms with Crippen LogP contribution in [0.1, 0.15) is 25.7 Å². The van der Waals surface area contributed by atoms with Crippen LogP contribution in [-0.4, -0.2) is 12.2 Å². The molecule has 1 aliphatic carbocycles. The van der Waals surface area contributed by atoms with Crippen LogP contribution in [0.5, 0.6) is 0 Å². The van der Waals surface area contributed by atoms with E-state index in [9.17, 15) is 17.6 Å². The van der Waals surface area contributed by atoms with E-state index in [4.69, 9.17) is 0 Å². The van der Waals surface area contributed by atoms with E-state index in [1.54, 1.807) is 6.07 Å². The Kier molecular flexibility index (Phi) is 3.78. The van der Waals surface area contributed by atoms with E-state index in [1.165, 1.54) is 18.2 Å². The standard InChI is InChI=1S/C13H15F4N/c14-9-4-3-5-10(8-9)18-12-7-2-1-6-11(12)13(15,16)17/h3-5,8,11-12,18H,1-2,6-7H2. The fraction of sp³-hybridized carbons (Fsp3) is 0.538. The van der Waals surface area contributed by atoms with E-state index in [-0.39, 0.29) is 6.42 Å². The van der Waals surface area contributed by atoms with Gasteiger partial charge in [0.05, 0.1) is 5.92 Å². The third-order valence-electron chi connectivity index (χ3n) is 3.36. The zero-order valence-electron chi connectivity index (χ0n) is 9.80. The molecule has 2 atom stereocenters. The molecule has 1 aromatic carbocycles. The predicted molar refractivity (Wildman–Crippen MR) is 61.8 cm³/mol. The van der Waals surface area contributed by atoms with Crippen molar-refractivity contribution >= 4 is 5.69 Å². The maximum Gasteiger partial charge on any atom is 0.393 e. The number of benzene rings is 1. The van der Waals surface area contributed by atoms with Gasteiger partial charge in [0.25, 0.3) is 0 Å². The molecule has 1 nitrogen and oxygen atoms in total. The first-order valence-corrected chi connectivity index (χ1v) is 6.05. The van der Waals surface area contributed by atoms with Crippen LogP contribution in [0.15, 0.2) is 24.3 Å². The average Bonchev–Trinajstić information content (AvgIpc) is 2.28. The number of halogens is 4. The van der Waals surface area contributed by atoms with Gasteiger partial charge in [0, 0.05) is 11.7 Å². The minimum absolute atomic E-state index is 0.149. The minimum Gasteiger partial charge on any atom is -0.382 e. The van der Waals surface area contributed by atoms with E-state index >= 15 is 0 Å². The number of anilines is 1. The number of hydrogen-bond donors (Lipinski definition) is 1. The SMILES string of the molecule is Fc1cccc(NC2CCCCC2C(F)(F)F)c1. The van der Waals surface area contributed by atoms with Gasteiger partial charge in [0.2, 0.25) is 0 Å². The molecule has 2 unspecified atom stereocenters. The Labute approximate surface area is 103 Å². The zero-order valence-corrected chi connectivity index (χ0v) is 9.80. The van der Waals surface area contributed by atoms with Gasteiger partial charge >= 0.3 is 6.18 Å². The summed E-state index contributed by atoms with van der Waals surface area (Å²) in [4.78, 5) is 0. The first-order chi connectivity index (χ1) is 8.47. The van der Waals surface area contributed by atoms with Crippen molar-refractivity contribution < 1.29 is 17.6 Å². The number of hydrogen-bond acceptors (Lipinski definition) is 1. The quantitative estimate of drug-likeness (QED) is 0.780. The predicted octanol–water partition coefficient (Wildman–Crippen LogP) is 4.36. The molecule has 1 N–H and O–H groups in total. The molecular weight excluding hydrogens is 246 g/mol. The highest BCUT2D eigenvalue weighted by Gasteiger charge is 2.45. The van der Waals surface area contributed by atoms with Crippen LogP contribution in [0.2, 0.25) is 0 Å². The Balaban J connectivity index is 2.10. The van der Waals surface area contributed by atoms with Crippen molar-refractivity contribution in [1.82, 2.24) is 0 Å². The van der Waals surface area contributed by atoms with Gasteiger partial charge in [-0.05, 0) is 31.0 Å². The molecule has 0 bridgehead atoms. The fourth-order valence-electron chi connectivity index (χ4n) is 2.49. The lowest BCUT2D eigenvalue weighted by Gasteiger charge is -2.34. The van der Waals surface area contributed by atoms with Gasteiger partial charge in [-0.1, -0.05) is 18.9 Å². The monoisotopic (exact) mass is 261 g/mol. The minimum atomic E-state index is -4.19. The summed E-state index contributed by atoms with van der Waals surface area (Å²) < 4.78 is 51.6. The molecule has 18 heavy (non-hydrogen) atoms. The molecule has 100 valence electrons. The lowest BCUT2D eigenvalue weighted by Crippen LogP contribution is -2.41. The molecular formula is C13H15F4N. The highest BCUT2D eigenvalue weighted by molar-refractivity contribution is 5.44. The molecule has 0 radical (unpaired) electrons. The summed E-state index contributed by atoms with van der Waals surface area (Å²) in [5.41, 5.74) is 0.413. The van der Waals surface area contributed by atoms with Crippen LogP contribution in [0.25, 0.3) is 0 Å². The van der Waals surface area contributed by atoms with Gasteiger partial charge in [0.15, 0.2) is 0 Å². The van der Waals surface area contributed by atoms with Gasteiger partial charge in [0.1, 0.15) is 5.82 Å². The van der Waals surface area contributed by atoms with Crippen LogP contribution in [-0.2, 0) is 0 Å². The highest BCUT2D eigenvalue weighted by atomic mass is 19.4. The van der Waals surface area contributed by atoms with E-state index in [2.05, 4.69) is 5.32 Å². The molecule has 0 aromatic heterocycles. The Bertz CT molecular complexity index is 402. The molecule has 1 fully saturated rings. The van der Waals surface area contributed by atoms with E-state index in [1.807, 2.05) is 0 Å². The van der Waals surface area contributed by atoms with E-state index in [0.29, 0.717) is 18.5 Å². The Morgan fingerprint density at radius 1 is 1.11 bits per heavy atom. The fourth-order valence-corrected chi connectivity index (χ4v) is 2.49. The van der Waals surface area contributed by atoms with E-state index in [0.717, 1.165) is 6.42 Å². The first kappa shape index (κ1) is 13.2. The van der Waals surface area contributed by atoms with Crippen LogP contribution >= 0.6 is 0 Å². The van der Waals surface area contributed by atoms with Gasteiger partial charge in [-0.25, -0.2) is 4.39 Å². The lowest BCUT2D eigenvalue weighted by atomic mass is 9.84. The summed E-state index contributed by atoms with van der Waals surface area (Å²) in [6.07, 6.45) is -2.19. The summed E-state index contributed by atoms with van der Waals surface area (Å²) >= 11 is 0. The van der Waals surface area contributed by atoms with Crippen LogP contribution in [0.4, 0.5) is 23.2 Å². The Morgan fingerprint density at radius 2 is 1.83 bits per heavy atom. The van der Waals surface area contributed by atoms with Gasteiger partial charge in [-0.15, -0.1) is 0 Å². The molecule has 0 spiro atoms. The molecule has 0 aliphatic heterocycles. The van der Waals surface area contributed by atoms with Crippen molar-refractivity contribution in [2.75, 3.05) is 5.32 Å². The number of rotatable bonds is 2. The molecule has 0 amide bonds. The average molecular weight is 261 g/mol. The summed E-state index contributed by atoms with van der Waals surface area (Å²) in [6, 6.07) is 4.92. The van der Waals surface area contributed by atoms with Crippen LogP contribution < -0.4 is 5.32 Å². The molecule has 1 saturated carbocycles. The third-order valence-corrected chi connectivity index (χ3v) is 3.36. The highest BCUT2D eigenvalue weighted by Crippen LogP contribution is 2.38. The van der Waals surface area contributed by atoms with Crippen molar-refractivity contribution in [3.63, 3.8) is 0 Å². The Morgan fingerprint density at radius 3 is 2.50 bits per heavy atom. The van der Waals surface area contributed by atoms with Crippen molar-refractivity contribution in [2.45, 2.75) is 37.9 Å². The van der Waals surface area contributed by atoms with Crippen LogP contribution in [0.3, 0.4) is 0 Å². The van der Waals surface area contributed by atoms with Crippen molar-refractivity contribution in [2.24, 2.45) is 5.92 Å². The van der Waals surface area contributed by atoms with Crippen molar-refractivity contribution in [3.05, 3.63) is 30.1 Å². The second-order valence-corrected chi connectivity index (χ2v) is 4.69. The lowest BCUT2D eigenvalue weighted by molar-refractivity contribution is -0.184. The molecule has 5 heteroatoms. The molecule has 1 aromatic rings. The summed E-state index contributed by atoms with van der Waals surface area (Å²) in [6.45, 7) is 0. The second kappa shape index (κ2) is 5.16. The normalized spacial score (nSPS) is 24.9. The van der Waals surface area contributed by atoms with Crippen molar-refractivity contribution in [1.29, 1.82) is 0 Å². The Hall–Kier alpha value is -1.26. The first-order valence-electron chi connectivity index (χ1n) is 6.05. The van der Waals surface area contributed by atoms with Crippen molar-refractivity contribution in [3.8, 4) is 0 Å². The molecule has 0 saturated heterocycles. The topological polar surface area (TPSA) is 12.0 Å². The van der Waals surface area contributed by atoms with Gasteiger partial charge < -0.3 is 5.32 Å². The van der Waals surface area contributed by atoms with Crippen LogP contribution in [0, 0.1) is 11.7 Å². The maximum atomic E-state index is 13.0. The largest absolute Gasteiger partial charge is 0.393 e. The molecule has 2 rings (SSSR count). The van der Waals surface area contributed by atoms with E-state index < -0.39 is 24.0 Å². The molecule has 0 heterocycles. The zero-order chi connectivity index (χ0) is 13.2. The number of alkyl halides is 3. The van der Waals surface area contributed by atoms with Gasteiger partial charge in [-0.3, -0.25) is 0 Å². The molecule has 1 aliphatic rings. The second-order valence-electron chi connectivity index (χ2n) is 4.69. The summed E-state index contributed by atoms with van der Waals surface area (Å²) in [5, 5.41) is 2.82. The number of nitrogens with one attached hydrogen (secondary N) is 1. The van der Waals surface area contributed by atoms with Gasteiger partial charge in [-0.2, -0.15) is 13.2 Å².